The molecule has 4 N–H and O–H groups in total. The van der Waals surface area contributed by atoms with Crippen LogP contribution in [-0.4, -0.2) is 54.2 Å². The topological polar surface area (TPSA) is 158 Å². The molecule has 12 heteroatoms. The average molecular weight is 578 g/mol. The fraction of sp³-hybridized carbons (Fsp3) is 0.611. The third-order valence-electron chi connectivity index (χ3n) is 4.70. The maximum atomic E-state index is 11.6. The monoisotopic (exact) mass is 578 g/mol. The number of unbranched alkanes of at least 4 members (excludes halogenated alkanes) is 2. The van der Waals surface area contributed by atoms with Crippen LogP contribution in [0.3, 0.4) is 0 Å². The molecule has 174 valence electrons. The van der Waals surface area contributed by atoms with Crippen LogP contribution in [0.1, 0.15) is 51.0 Å². The van der Waals surface area contributed by atoms with Crippen LogP contribution < -0.4 is 26.5 Å². The molecule has 0 aromatic heterocycles. The van der Waals surface area contributed by atoms with Crippen LogP contribution in [0.5, 0.6) is 0 Å². The molecular formula is C18H29INO8S2-. The van der Waals surface area contributed by atoms with Crippen molar-refractivity contribution in [1.29, 1.82) is 0 Å². The van der Waals surface area contributed by atoms with E-state index in [0.717, 1.165) is 24.8 Å². The van der Waals surface area contributed by atoms with Gasteiger partial charge in [-0.15, -0.1) is 0 Å². The molecule has 0 radical (unpaired) electrons. The second kappa shape index (κ2) is 11.6. The minimum atomic E-state index is -4.39. The average Bonchev–Trinajstić information content (AvgIpc) is 2.63. The third-order valence-corrected chi connectivity index (χ3v) is 9.85. The number of rotatable bonds is 14. The molecule has 1 aromatic carbocycles. The van der Waals surface area contributed by atoms with Crippen LogP contribution in [0.4, 0.5) is 5.69 Å². The molecular weight excluding hydrogens is 549 g/mol. The van der Waals surface area contributed by atoms with E-state index >= 15 is 0 Å². The Morgan fingerprint density at radius 1 is 1.10 bits per heavy atom. The normalized spacial score (nSPS) is 14.4. The molecule has 0 aliphatic carbocycles. The minimum absolute atomic E-state index is 0.108. The van der Waals surface area contributed by atoms with Crippen molar-refractivity contribution in [3.8, 4) is 0 Å². The summed E-state index contributed by atoms with van der Waals surface area (Å²) in [5.41, 5.74) is 1.37. The Morgan fingerprint density at radius 3 is 2.30 bits per heavy atom. The molecule has 0 aliphatic rings. The summed E-state index contributed by atoms with van der Waals surface area (Å²) < 4.78 is 63.0. The van der Waals surface area contributed by atoms with Gasteiger partial charge in [-0.3, -0.25) is 0 Å². The van der Waals surface area contributed by atoms with E-state index in [2.05, 4.69) is 10.2 Å². The first-order valence-corrected chi connectivity index (χ1v) is 15.6. The van der Waals surface area contributed by atoms with Gasteiger partial charge in [-0.25, -0.2) is 0 Å². The van der Waals surface area contributed by atoms with E-state index in [0.29, 0.717) is 12.1 Å². The number of alkyl halides is 2. The Morgan fingerprint density at radius 2 is 1.77 bits per heavy atom. The van der Waals surface area contributed by atoms with Gasteiger partial charge in [-0.1, -0.05) is 0 Å². The number of anilines is 1. The van der Waals surface area contributed by atoms with Gasteiger partial charge in [0.25, 0.3) is 0 Å². The predicted molar refractivity (Wildman–Crippen MR) is 110 cm³/mol. The van der Waals surface area contributed by atoms with E-state index in [1.807, 2.05) is 6.92 Å². The van der Waals surface area contributed by atoms with E-state index in [1.54, 1.807) is 6.07 Å². The third kappa shape index (κ3) is 9.45. The maximum absolute atomic E-state index is 11.6. The molecule has 0 amide bonds. The molecule has 1 aromatic rings. The van der Waals surface area contributed by atoms with Crippen molar-refractivity contribution in [2.45, 2.75) is 53.8 Å². The fourth-order valence-corrected chi connectivity index (χ4v) is 5.95. The van der Waals surface area contributed by atoms with Gasteiger partial charge in [0.15, 0.2) is 0 Å². The summed E-state index contributed by atoms with van der Waals surface area (Å²) in [5, 5.41) is 11.9. The van der Waals surface area contributed by atoms with Gasteiger partial charge >= 0.3 is 189 Å². The van der Waals surface area contributed by atoms with Crippen molar-refractivity contribution >= 4 is 31.9 Å². The molecule has 1 unspecified atom stereocenters. The Hall–Kier alpha value is -0.960. The molecule has 1 rings (SSSR count). The standard InChI is InChI=1S/C18H29INO8S2/c1-18(19-2,10-5-3-4-7-17(21)22)15-13-14(30(26,27)28)8-9-16(15)20-11-6-12-29(23,24)25/h8-9,13,20H,3-7,10-12H2,1-2H3,(H,21,22)(H,23,24,25)(H,26,27,28)/q-1. The fourth-order valence-electron chi connectivity index (χ4n) is 2.99. The van der Waals surface area contributed by atoms with Crippen molar-refractivity contribution in [2.24, 2.45) is 0 Å². The quantitative estimate of drug-likeness (QED) is 0.0997. The Kier molecular flexibility index (Phi) is 10.5. The number of halogens is 1. The zero-order chi connectivity index (χ0) is 23.0. The summed E-state index contributed by atoms with van der Waals surface area (Å²) >= 11 is -0.429. The summed E-state index contributed by atoms with van der Waals surface area (Å²) in [7, 11) is -8.45. The van der Waals surface area contributed by atoms with Crippen LogP contribution in [0, 0.1) is 0 Å². The summed E-state index contributed by atoms with van der Waals surface area (Å²) in [6.07, 6.45) is 3.09. The molecule has 0 aliphatic heterocycles. The van der Waals surface area contributed by atoms with E-state index in [-0.39, 0.29) is 33.5 Å². The van der Waals surface area contributed by atoms with Crippen LogP contribution >= 0.6 is 0 Å². The first-order valence-electron chi connectivity index (χ1n) is 9.32. The second-order valence-electron chi connectivity index (χ2n) is 7.09. The van der Waals surface area contributed by atoms with Crippen molar-refractivity contribution in [3.63, 3.8) is 0 Å². The molecule has 0 fully saturated rings. The van der Waals surface area contributed by atoms with E-state index in [1.165, 1.54) is 12.1 Å². The number of hydrogen-bond donors (Lipinski definition) is 4. The summed E-state index contributed by atoms with van der Waals surface area (Å²) in [5.74, 6) is -1.22. The molecule has 0 saturated carbocycles. The van der Waals surface area contributed by atoms with Crippen LogP contribution in [-0.2, 0) is 28.5 Å². The molecule has 0 spiro atoms. The van der Waals surface area contributed by atoms with Crippen molar-refractivity contribution in [2.75, 3.05) is 22.5 Å². The van der Waals surface area contributed by atoms with Gasteiger partial charge in [0.2, 0.25) is 0 Å². The van der Waals surface area contributed by atoms with Gasteiger partial charge in [0, 0.05) is 0 Å². The van der Waals surface area contributed by atoms with Crippen LogP contribution in [0.25, 0.3) is 0 Å². The molecule has 1 atom stereocenters. The first-order chi connectivity index (χ1) is 13.8. The van der Waals surface area contributed by atoms with Gasteiger partial charge in [0.1, 0.15) is 0 Å². The SMILES string of the molecule is C[I-]C(C)(CCCCCC(=O)O)c1cc(S(=O)(=O)O)ccc1NCCCS(=O)(=O)O. The number of carboxylic acids is 1. The number of nitrogens with one attached hydrogen (secondary N) is 1. The summed E-state index contributed by atoms with van der Waals surface area (Å²) in [6, 6.07) is 4.28. The summed E-state index contributed by atoms with van der Waals surface area (Å²) in [4.78, 5) is 12.5. The zero-order valence-corrected chi connectivity index (χ0v) is 20.8. The number of carboxylic acid groups (broad SMARTS) is 1. The van der Waals surface area contributed by atoms with Gasteiger partial charge in [-0.05, 0) is 0 Å². The number of hydrogen-bond acceptors (Lipinski definition) is 6. The molecule has 9 nitrogen and oxygen atoms in total. The van der Waals surface area contributed by atoms with Gasteiger partial charge < -0.3 is 0 Å². The number of benzene rings is 1. The molecule has 0 heterocycles. The molecule has 30 heavy (non-hydrogen) atoms. The van der Waals surface area contributed by atoms with E-state index < -0.39 is 47.4 Å². The molecule has 0 saturated heterocycles. The van der Waals surface area contributed by atoms with E-state index in [4.69, 9.17) is 9.66 Å². The van der Waals surface area contributed by atoms with Crippen molar-refractivity contribution in [3.05, 3.63) is 23.8 Å². The van der Waals surface area contributed by atoms with Crippen LogP contribution in [0.2, 0.25) is 0 Å². The first kappa shape index (κ1) is 27.1. The second-order valence-corrected chi connectivity index (χ2v) is 13.5. The number of carbonyl (C=O) groups is 1. The Bertz CT molecular complexity index is 934. The zero-order valence-electron chi connectivity index (χ0n) is 17.0. The van der Waals surface area contributed by atoms with Gasteiger partial charge in [-0.2, -0.15) is 0 Å². The number of aliphatic carboxylic acids is 1. The van der Waals surface area contributed by atoms with Crippen LogP contribution in [0.15, 0.2) is 23.1 Å². The van der Waals surface area contributed by atoms with Crippen molar-refractivity contribution < 1.29 is 57.0 Å². The summed E-state index contributed by atoms with van der Waals surface area (Å²) in [6.45, 7) is 2.28. The Labute approximate surface area is 188 Å². The molecule has 0 bridgehead atoms. The Balaban J connectivity index is 3.07. The van der Waals surface area contributed by atoms with Gasteiger partial charge in [0.05, 0.1) is 0 Å². The van der Waals surface area contributed by atoms with E-state index in [9.17, 15) is 26.2 Å². The van der Waals surface area contributed by atoms with Crippen molar-refractivity contribution in [1.82, 2.24) is 0 Å². The predicted octanol–water partition coefficient (Wildman–Crippen LogP) is -0.408.